The van der Waals surface area contributed by atoms with Crippen molar-refractivity contribution in [1.82, 2.24) is 15.6 Å². The van der Waals surface area contributed by atoms with Gasteiger partial charge in [-0.1, -0.05) is 12.8 Å². The van der Waals surface area contributed by atoms with Crippen LogP contribution in [0.1, 0.15) is 44.1 Å². The molecule has 27 heavy (non-hydrogen) atoms. The summed E-state index contributed by atoms with van der Waals surface area (Å²) in [6.07, 6.45) is 7.18. The number of anilines is 2. The summed E-state index contributed by atoms with van der Waals surface area (Å²) in [7, 11) is 1.79. The third-order valence-electron chi connectivity index (χ3n) is 5.49. The lowest BCUT2D eigenvalue weighted by Gasteiger charge is -2.23. The van der Waals surface area contributed by atoms with E-state index in [0.29, 0.717) is 23.8 Å². The van der Waals surface area contributed by atoms with E-state index in [0.717, 1.165) is 44.8 Å². The predicted molar refractivity (Wildman–Crippen MR) is 110 cm³/mol. The largest absolute Gasteiger partial charge is 0.373 e. The summed E-state index contributed by atoms with van der Waals surface area (Å²) in [6, 6.07) is 3.79. The first-order valence-electron chi connectivity index (χ1n) is 10.2. The van der Waals surface area contributed by atoms with Crippen molar-refractivity contribution in [3.05, 3.63) is 17.7 Å². The van der Waals surface area contributed by atoms with Gasteiger partial charge < -0.3 is 20.9 Å². The van der Waals surface area contributed by atoms with E-state index in [9.17, 15) is 4.79 Å². The molecule has 2 aliphatic rings. The van der Waals surface area contributed by atoms with E-state index in [1.165, 1.54) is 25.7 Å². The lowest BCUT2D eigenvalue weighted by atomic mass is 9.99. The lowest BCUT2D eigenvalue weighted by Crippen LogP contribution is -2.40. The van der Waals surface area contributed by atoms with Gasteiger partial charge in [0.25, 0.3) is 5.91 Å². The number of carbonyl (C=O) groups excluding carboxylic acids is 1. The topological polar surface area (TPSA) is 93.1 Å². The Kier molecular flexibility index (Phi) is 7.04. The Hall–Kier alpha value is -2.15. The van der Waals surface area contributed by atoms with Crippen molar-refractivity contribution < 1.29 is 4.79 Å². The van der Waals surface area contributed by atoms with Crippen molar-refractivity contribution in [1.29, 1.82) is 5.41 Å². The molecule has 1 aromatic rings. The Morgan fingerprint density at radius 2 is 2.04 bits per heavy atom. The predicted octanol–water partition coefficient (Wildman–Crippen LogP) is 1.99. The number of rotatable bonds is 6. The van der Waals surface area contributed by atoms with Crippen molar-refractivity contribution in [2.45, 2.75) is 38.5 Å². The van der Waals surface area contributed by atoms with Gasteiger partial charge in [0.1, 0.15) is 17.3 Å². The highest BCUT2D eigenvalue weighted by atomic mass is 16.1. The number of amides is 1. The van der Waals surface area contributed by atoms with Crippen LogP contribution >= 0.6 is 0 Å². The smallest absolute Gasteiger partial charge is 0.269 e. The minimum Gasteiger partial charge on any atom is -0.373 e. The van der Waals surface area contributed by atoms with E-state index < -0.39 is 0 Å². The van der Waals surface area contributed by atoms with Crippen LogP contribution in [0.3, 0.4) is 0 Å². The highest BCUT2D eigenvalue weighted by Crippen LogP contribution is 2.22. The molecule has 7 heteroatoms. The Morgan fingerprint density at radius 3 is 2.70 bits per heavy atom. The number of pyridine rings is 1. The molecule has 1 unspecified atom stereocenters. The molecule has 0 radical (unpaired) electrons. The minimum absolute atomic E-state index is 0.0296. The Labute approximate surface area is 161 Å². The van der Waals surface area contributed by atoms with Gasteiger partial charge in [0.05, 0.1) is 0 Å². The molecule has 0 saturated carbocycles. The molecule has 3 heterocycles. The molecule has 1 aromatic heterocycles. The van der Waals surface area contributed by atoms with E-state index in [1.807, 2.05) is 12.1 Å². The van der Waals surface area contributed by atoms with Gasteiger partial charge in [0.15, 0.2) is 0 Å². The zero-order chi connectivity index (χ0) is 19.1. The van der Waals surface area contributed by atoms with E-state index >= 15 is 0 Å². The summed E-state index contributed by atoms with van der Waals surface area (Å²) < 4.78 is 0. The zero-order valence-corrected chi connectivity index (χ0v) is 16.3. The lowest BCUT2D eigenvalue weighted by molar-refractivity contribution is -0.115. The van der Waals surface area contributed by atoms with Gasteiger partial charge in [0.2, 0.25) is 0 Å². The molecule has 2 aliphatic heterocycles. The maximum Gasteiger partial charge on any atom is 0.269 e. The van der Waals surface area contributed by atoms with Crippen LogP contribution in [0.2, 0.25) is 0 Å². The summed E-state index contributed by atoms with van der Waals surface area (Å²) in [4.78, 5) is 19.5. The van der Waals surface area contributed by atoms with Crippen LogP contribution in [0, 0.1) is 11.3 Å². The highest BCUT2D eigenvalue weighted by Gasteiger charge is 2.20. The van der Waals surface area contributed by atoms with Gasteiger partial charge in [0, 0.05) is 32.2 Å². The molecular weight excluding hydrogens is 340 g/mol. The van der Waals surface area contributed by atoms with E-state index in [2.05, 4.69) is 20.9 Å². The minimum atomic E-state index is -0.332. The van der Waals surface area contributed by atoms with Crippen LogP contribution in [-0.4, -0.2) is 56.4 Å². The fourth-order valence-corrected chi connectivity index (χ4v) is 3.86. The van der Waals surface area contributed by atoms with Gasteiger partial charge in [-0.05, 0) is 56.8 Å². The van der Waals surface area contributed by atoms with Crippen molar-refractivity contribution in [2.75, 3.05) is 50.0 Å². The molecule has 0 bridgehead atoms. The van der Waals surface area contributed by atoms with Crippen LogP contribution in [0.25, 0.3) is 0 Å². The van der Waals surface area contributed by atoms with Gasteiger partial charge >= 0.3 is 0 Å². The van der Waals surface area contributed by atoms with Crippen molar-refractivity contribution in [3.63, 3.8) is 0 Å². The summed E-state index contributed by atoms with van der Waals surface area (Å²) in [5.41, 5.74) is 0.522. The molecular formula is C20H32N6O. The quantitative estimate of drug-likeness (QED) is 0.573. The number of aromatic nitrogens is 1. The zero-order valence-electron chi connectivity index (χ0n) is 16.3. The van der Waals surface area contributed by atoms with Crippen LogP contribution in [0.15, 0.2) is 12.1 Å². The molecule has 1 amide bonds. The fraction of sp³-hybridized carbons (Fsp3) is 0.650. The standard InChI is InChI=1S/C20H32N6O/c1-22-19-16(8-9-17(25-19)26-11-4-2-3-5-12-26)18(21)20(27)24-14-15-7-6-10-23-13-15/h8-9,15,21,23H,2-7,10-14H2,1H3,(H,22,25)(H,24,27). The number of carbonyl (C=O) groups is 1. The number of nitrogens with zero attached hydrogens (tertiary/aromatic N) is 2. The number of nitrogens with one attached hydrogen (secondary N) is 4. The van der Waals surface area contributed by atoms with Gasteiger partial charge in [-0.25, -0.2) is 4.98 Å². The first-order valence-corrected chi connectivity index (χ1v) is 10.2. The van der Waals surface area contributed by atoms with Crippen molar-refractivity contribution >= 4 is 23.3 Å². The monoisotopic (exact) mass is 372 g/mol. The van der Waals surface area contributed by atoms with Gasteiger partial charge in [-0.15, -0.1) is 0 Å². The van der Waals surface area contributed by atoms with Gasteiger partial charge in [-0.3, -0.25) is 10.2 Å². The summed E-state index contributed by atoms with van der Waals surface area (Å²) >= 11 is 0. The second-order valence-electron chi connectivity index (χ2n) is 7.51. The molecule has 4 N–H and O–H groups in total. The summed E-state index contributed by atoms with van der Waals surface area (Å²) in [5, 5.41) is 17.7. The molecule has 7 nitrogen and oxygen atoms in total. The average molecular weight is 373 g/mol. The third-order valence-corrected chi connectivity index (χ3v) is 5.49. The molecule has 2 saturated heterocycles. The third kappa shape index (κ3) is 5.19. The Bertz CT molecular complexity index is 648. The van der Waals surface area contributed by atoms with E-state index in [-0.39, 0.29) is 11.6 Å². The van der Waals surface area contributed by atoms with Crippen LogP contribution in [-0.2, 0) is 4.79 Å². The SMILES string of the molecule is CNc1nc(N2CCCCCC2)ccc1C(=N)C(=O)NCC1CCCNC1. The summed E-state index contributed by atoms with van der Waals surface area (Å²) in [6.45, 7) is 4.64. The molecule has 0 aliphatic carbocycles. The fourth-order valence-electron chi connectivity index (χ4n) is 3.86. The Morgan fingerprint density at radius 1 is 1.26 bits per heavy atom. The number of hydrogen-bond acceptors (Lipinski definition) is 6. The average Bonchev–Trinajstić information content (AvgIpc) is 3.01. The molecule has 148 valence electrons. The molecule has 0 aromatic carbocycles. The molecule has 1 atom stereocenters. The first-order chi connectivity index (χ1) is 13.2. The summed E-state index contributed by atoms with van der Waals surface area (Å²) in [5.74, 6) is 1.63. The molecule has 2 fully saturated rings. The molecule has 0 spiro atoms. The highest BCUT2D eigenvalue weighted by molar-refractivity contribution is 6.45. The van der Waals surface area contributed by atoms with Crippen molar-refractivity contribution in [3.8, 4) is 0 Å². The van der Waals surface area contributed by atoms with Crippen LogP contribution in [0.4, 0.5) is 11.6 Å². The second kappa shape index (κ2) is 9.69. The molecule has 3 rings (SSSR count). The van der Waals surface area contributed by atoms with Crippen LogP contribution in [0.5, 0.6) is 0 Å². The maximum atomic E-state index is 12.5. The Balaban J connectivity index is 1.65. The van der Waals surface area contributed by atoms with E-state index in [1.54, 1.807) is 7.05 Å². The van der Waals surface area contributed by atoms with Crippen molar-refractivity contribution in [2.24, 2.45) is 5.92 Å². The normalized spacial score (nSPS) is 20.6. The van der Waals surface area contributed by atoms with Crippen LogP contribution < -0.4 is 20.9 Å². The number of piperidine rings is 1. The number of hydrogen-bond donors (Lipinski definition) is 4. The van der Waals surface area contributed by atoms with Gasteiger partial charge in [-0.2, -0.15) is 0 Å². The van der Waals surface area contributed by atoms with E-state index in [4.69, 9.17) is 10.4 Å². The maximum absolute atomic E-state index is 12.5. The second-order valence-corrected chi connectivity index (χ2v) is 7.51. The first kappa shape index (κ1) is 19.6.